The summed E-state index contributed by atoms with van der Waals surface area (Å²) in [4.78, 5) is 23.3. The molecule has 2 aromatic carbocycles. The Kier molecular flexibility index (Phi) is 5.03. The lowest BCUT2D eigenvalue weighted by Crippen LogP contribution is -2.27. The summed E-state index contributed by atoms with van der Waals surface area (Å²) < 4.78 is 0. The first-order chi connectivity index (χ1) is 13.2. The van der Waals surface area contributed by atoms with Crippen molar-refractivity contribution in [3.63, 3.8) is 0 Å². The fourth-order valence-corrected chi connectivity index (χ4v) is 3.35. The molecule has 0 spiro atoms. The molecule has 1 aliphatic heterocycles. The SMILES string of the molecule is O=C(NCc1ccc(Cl)cc1)c1cnc(N2CCCc3ccccc32)cn1. The Morgan fingerprint density at radius 2 is 1.89 bits per heavy atom. The van der Waals surface area contributed by atoms with Gasteiger partial charge in [-0.15, -0.1) is 0 Å². The number of benzene rings is 2. The third-order valence-electron chi connectivity index (χ3n) is 4.62. The first-order valence-electron chi connectivity index (χ1n) is 8.91. The minimum atomic E-state index is -0.247. The van der Waals surface area contributed by atoms with Crippen LogP contribution in [-0.2, 0) is 13.0 Å². The standard InChI is InChI=1S/C21H19ClN4O/c22-17-9-7-15(8-10-17)12-25-21(27)18-13-24-20(14-23-18)26-11-3-5-16-4-1-2-6-19(16)26/h1-2,4,6-10,13-14H,3,5,11-12H2,(H,25,27). The van der Waals surface area contributed by atoms with Gasteiger partial charge in [-0.2, -0.15) is 0 Å². The Bertz CT molecular complexity index is 941. The molecule has 1 aliphatic rings. The number of nitrogens with zero attached hydrogens (tertiary/aromatic N) is 3. The van der Waals surface area contributed by atoms with Crippen LogP contribution >= 0.6 is 11.6 Å². The smallest absolute Gasteiger partial charge is 0.271 e. The molecule has 0 unspecified atom stereocenters. The van der Waals surface area contributed by atoms with E-state index in [9.17, 15) is 4.79 Å². The maximum absolute atomic E-state index is 12.3. The lowest BCUT2D eigenvalue weighted by Gasteiger charge is -2.30. The van der Waals surface area contributed by atoms with Crippen LogP contribution in [0.3, 0.4) is 0 Å². The van der Waals surface area contributed by atoms with Crippen molar-refractivity contribution in [2.45, 2.75) is 19.4 Å². The lowest BCUT2D eigenvalue weighted by molar-refractivity contribution is 0.0945. The molecule has 0 saturated heterocycles. The number of fused-ring (bicyclic) bond motifs is 1. The minimum Gasteiger partial charge on any atom is -0.347 e. The van der Waals surface area contributed by atoms with Crippen LogP contribution in [0.1, 0.15) is 28.0 Å². The third-order valence-corrected chi connectivity index (χ3v) is 4.88. The van der Waals surface area contributed by atoms with E-state index in [4.69, 9.17) is 11.6 Å². The van der Waals surface area contributed by atoms with Crippen molar-refractivity contribution in [2.24, 2.45) is 0 Å². The number of hydrogen-bond donors (Lipinski definition) is 1. The summed E-state index contributed by atoms with van der Waals surface area (Å²) in [7, 11) is 0. The zero-order valence-electron chi connectivity index (χ0n) is 14.7. The molecule has 1 aromatic heterocycles. The summed E-state index contributed by atoms with van der Waals surface area (Å²) in [5.74, 6) is 0.513. The number of aromatic nitrogens is 2. The van der Waals surface area contributed by atoms with Gasteiger partial charge in [0.25, 0.3) is 5.91 Å². The Morgan fingerprint density at radius 3 is 2.67 bits per heavy atom. The van der Waals surface area contributed by atoms with Gasteiger partial charge in [0.1, 0.15) is 5.69 Å². The Balaban J connectivity index is 1.44. The topological polar surface area (TPSA) is 58.1 Å². The molecule has 27 heavy (non-hydrogen) atoms. The molecule has 2 heterocycles. The number of anilines is 2. The summed E-state index contributed by atoms with van der Waals surface area (Å²) in [6.45, 7) is 1.31. The van der Waals surface area contributed by atoms with Crippen LogP contribution in [0.4, 0.5) is 11.5 Å². The molecule has 0 atom stereocenters. The van der Waals surface area contributed by atoms with Gasteiger partial charge in [-0.25, -0.2) is 9.97 Å². The van der Waals surface area contributed by atoms with Crippen molar-refractivity contribution in [1.29, 1.82) is 0 Å². The van der Waals surface area contributed by atoms with Gasteiger partial charge < -0.3 is 10.2 Å². The summed E-state index contributed by atoms with van der Waals surface area (Å²) >= 11 is 5.87. The highest BCUT2D eigenvalue weighted by Gasteiger charge is 2.19. The largest absolute Gasteiger partial charge is 0.347 e. The predicted octanol–water partition coefficient (Wildman–Crippen LogP) is 4.14. The van der Waals surface area contributed by atoms with Crippen LogP contribution in [0.2, 0.25) is 5.02 Å². The molecule has 0 radical (unpaired) electrons. The summed E-state index contributed by atoms with van der Waals surface area (Å²) in [5, 5.41) is 3.52. The summed E-state index contributed by atoms with van der Waals surface area (Å²) in [6.07, 6.45) is 5.34. The molecule has 1 N–H and O–H groups in total. The van der Waals surface area contributed by atoms with E-state index in [1.807, 2.05) is 18.2 Å². The van der Waals surface area contributed by atoms with Crippen molar-refractivity contribution < 1.29 is 4.79 Å². The van der Waals surface area contributed by atoms with Gasteiger partial charge >= 0.3 is 0 Å². The van der Waals surface area contributed by atoms with E-state index < -0.39 is 0 Å². The van der Waals surface area contributed by atoms with Gasteiger partial charge in [-0.05, 0) is 42.2 Å². The van der Waals surface area contributed by atoms with Gasteiger partial charge in [-0.1, -0.05) is 41.9 Å². The number of carbonyl (C=O) groups excluding carboxylic acids is 1. The fraction of sp³-hybridized carbons (Fsp3) is 0.190. The van der Waals surface area contributed by atoms with Crippen LogP contribution in [0.15, 0.2) is 60.9 Å². The van der Waals surface area contributed by atoms with Gasteiger partial charge in [-0.3, -0.25) is 4.79 Å². The highest BCUT2D eigenvalue weighted by molar-refractivity contribution is 6.30. The molecule has 0 fully saturated rings. The van der Waals surface area contributed by atoms with Crippen LogP contribution in [0, 0.1) is 0 Å². The van der Waals surface area contributed by atoms with Gasteiger partial charge in [0, 0.05) is 23.8 Å². The third kappa shape index (κ3) is 3.93. The zero-order chi connectivity index (χ0) is 18.6. The molecular formula is C21H19ClN4O. The van der Waals surface area contributed by atoms with Crippen molar-refractivity contribution >= 4 is 29.0 Å². The van der Waals surface area contributed by atoms with E-state index in [1.165, 1.54) is 11.8 Å². The number of halogens is 1. The Morgan fingerprint density at radius 1 is 1.07 bits per heavy atom. The molecule has 0 saturated carbocycles. The van der Waals surface area contributed by atoms with Crippen molar-refractivity contribution in [1.82, 2.24) is 15.3 Å². The highest BCUT2D eigenvalue weighted by Crippen LogP contribution is 2.31. The molecule has 5 nitrogen and oxygen atoms in total. The van der Waals surface area contributed by atoms with E-state index in [1.54, 1.807) is 18.3 Å². The molecule has 4 rings (SSSR count). The Labute approximate surface area is 163 Å². The van der Waals surface area contributed by atoms with E-state index >= 15 is 0 Å². The second kappa shape index (κ2) is 7.76. The number of hydrogen-bond acceptors (Lipinski definition) is 4. The quantitative estimate of drug-likeness (QED) is 0.741. The highest BCUT2D eigenvalue weighted by atomic mass is 35.5. The number of carbonyl (C=O) groups is 1. The van der Waals surface area contributed by atoms with E-state index in [0.717, 1.165) is 36.5 Å². The lowest BCUT2D eigenvalue weighted by atomic mass is 10.0. The molecule has 0 bridgehead atoms. The number of para-hydroxylation sites is 1. The first-order valence-corrected chi connectivity index (χ1v) is 9.28. The van der Waals surface area contributed by atoms with Gasteiger partial charge in [0.05, 0.1) is 12.4 Å². The summed E-state index contributed by atoms with van der Waals surface area (Å²) in [6, 6.07) is 15.7. The number of aryl methyl sites for hydroxylation is 1. The van der Waals surface area contributed by atoms with Crippen LogP contribution in [0.5, 0.6) is 0 Å². The molecular weight excluding hydrogens is 360 g/mol. The number of nitrogens with one attached hydrogen (secondary N) is 1. The van der Waals surface area contributed by atoms with Crippen molar-refractivity contribution in [3.8, 4) is 0 Å². The van der Waals surface area contributed by atoms with Crippen LogP contribution in [-0.4, -0.2) is 22.4 Å². The number of rotatable bonds is 4. The molecule has 1 amide bonds. The summed E-state index contributed by atoms with van der Waals surface area (Å²) in [5.41, 5.74) is 3.76. The maximum Gasteiger partial charge on any atom is 0.271 e. The first kappa shape index (κ1) is 17.5. The average molecular weight is 379 g/mol. The maximum atomic E-state index is 12.3. The second-order valence-corrected chi connectivity index (χ2v) is 6.89. The van der Waals surface area contributed by atoms with Gasteiger partial charge in [0.2, 0.25) is 0 Å². The molecule has 6 heteroatoms. The van der Waals surface area contributed by atoms with E-state index in [2.05, 4.69) is 38.4 Å². The normalized spacial score (nSPS) is 13.1. The number of amides is 1. The fourth-order valence-electron chi connectivity index (χ4n) is 3.22. The van der Waals surface area contributed by atoms with Crippen molar-refractivity contribution in [2.75, 3.05) is 11.4 Å². The molecule has 3 aromatic rings. The predicted molar refractivity (Wildman–Crippen MR) is 106 cm³/mol. The molecule has 136 valence electrons. The molecule has 0 aliphatic carbocycles. The Hall–Kier alpha value is -2.92. The van der Waals surface area contributed by atoms with E-state index in [0.29, 0.717) is 17.3 Å². The van der Waals surface area contributed by atoms with Crippen molar-refractivity contribution in [3.05, 3.63) is 82.8 Å². The van der Waals surface area contributed by atoms with Gasteiger partial charge in [0.15, 0.2) is 5.82 Å². The monoisotopic (exact) mass is 378 g/mol. The minimum absolute atomic E-state index is 0.247. The van der Waals surface area contributed by atoms with Crippen LogP contribution in [0.25, 0.3) is 0 Å². The second-order valence-electron chi connectivity index (χ2n) is 6.45. The van der Waals surface area contributed by atoms with E-state index in [-0.39, 0.29) is 5.91 Å². The average Bonchev–Trinajstić information content (AvgIpc) is 2.73. The zero-order valence-corrected chi connectivity index (χ0v) is 15.5. The van der Waals surface area contributed by atoms with Crippen LogP contribution < -0.4 is 10.2 Å².